The van der Waals surface area contributed by atoms with Crippen LogP contribution in [0.4, 0.5) is 11.4 Å². The van der Waals surface area contributed by atoms with E-state index < -0.39 is 0 Å². The van der Waals surface area contributed by atoms with Gasteiger partial charge < -0.3 is 28.7 Å². The first-order valence-electron chi connectivity index (χ1n) is 24.1. The lowest BCUT2D eigenvalue weighted by atomic mass is 9.84. The maximum Gasteiger partial charge on any atom is 0.172 e. The quantitative estimate of drug-likeness (QED) is 0.115. The van der Waals surface area contributed by atoms with Crippen molar-refractivity contribution in [3.63, 3.8) is 0 Å². The van der Waals surface area contributed by atoms with Gasteiger partial charge in [-0.3, -0.25) is 9.98 Å². The Morgan fingerprint density at radius 3 is 0.879 bits per heavy atom. The highest BCUT2D eigenvalue weighted by molar-refractivity contribution is 6.50. The van der Waals surface area contributed by atoms with E-state index in [1.807, 2.05) is 48.5 Å². The predicted octanol–water partition coefficient (Wildman–Crippen LogP) is 13.4. The number of aliphatic imine (C=N–C) groups is 2. The zero-order chi connectivity index (χ0) is 45.0. The van der Waals surface area contributed by atoms with Crippen molar-refractivity contribution in [1.29, 1.82) is 0 Å². The lowest BCUT2D eigenvalue weighted by Crippen LogP contribution is -2.42. The van der Waals surface area contributed by atoms with Crippen LogP contribution in [0.3, 0.4) is 0 Å². The topological polar surface area (TPSA) is 68.1 Å². The molecule has 6 aromatic carbocycles. The molecule has 0 saturated heterocycles. The predicted molar refractivity (Wildman–Crippen MR) is 271 cm³/mol. The summed E-state index contributed by atoms with van der Waals surface area (Å²) in [5.74, 6) is 6.40. The van der Waals surface area contributed by atoms with E-state index >= 15 is 0 Å². The molecule has 66 heavy (non-hydrogen) atoms. The third-order valence-electron chi connectivity index (χ3n) is 14.6. The zero-order valence-electron chi connectivity index (χ0n) is 38.9. The van der Waals surface area contributed by atoms with Crippen molar-refractivity contribution in [2.45, 2.75) is 76.3 Å². The molecule has 2 aliphatic carbocycles. The lowest BCUT2D eigenvalue weighted by Gasteiger charge is -2.29. The van der Waals surface area contributed by atoms with Gasteiger partial charge in [0.1, 0.15) is 23.0 Å². The maximum absolute atomic E-state index is 5.87. The second-order valence-electron chi connectivity index (χ2n) is 18.5. The first-order chi connectivity index (χ1) is 32.5. The van der Waals surface area contributed by atoms with Crippen LogP contribution in [0.25, 0.3) is 44.5 Å². The number of hydrogen-bond acceptors (Lipinski definition) is 8. The molecule has 0 N–H and O–H groups in total. The molecular weight excluding hydrogens is 817 g/mol. The average molecular weight is 879 g/mol. The second-order valence-corrected chi connectivity index (χ2v) is 18.5. The van der Waals surface area contributed by atoms with Crippen molar-refractivity contribution in [3.05, 3.63) is 133 Å². The Morgan fingerprint density at radius 1 is 0.348 bits per heavy atom. The molecule has 8 heteroatoms. The fraction of sp³-hybridized carbons (Fsp3) is 0.345. The van der Waals surface area contributed by atoms with Crippen LogP contribution in [-0.2, 0) is 0 Å². The molecule has 0 unspecified atom stereocenters. The Kier molecular flexibility index (Phi) is 12.8. The van der Waals surface area contributed by atoms with Crippen LogP contribution in [0.1, 0.15) is 64.2 Å². The van der Waals surface area contributed by atoms with Gasteiger partial charge in [0.15, 0.2) is 11.7 Å². The van der Waals surface area contributed by atoms with Gasteiger partial charge in [-0.25, -0.2) is 0 Å². The maximum atomic E-state index is 5.87. The third-order valence-corrected chi connectivity index (χ3v) is 14.6. The summed E-state index contributed by atoms with van der Waals surface area (Å²) in [6.07, 6.45) is 12.6. The van der Waals surface area contributed by atoms with Crippen molar-refractivity contribution < 1.29 is 18.9 Å². The average Bonchev–Trinajstić information content (AvgIpc) is 4.05. The minimum Gasteiger partial charge on any atom is -0.497 e. The molecule has 2 saturated carbocycles. The van der Waals surface area contributed by atoms with E-state index in [9.17, 15) is 0 Å². The fourth-order valence-corrected chi connectivity index (χ4v) is 10.8. The number of nitrogens with zero attached hydrogens (tertiary/aromatic N) is 4. The highest BCUT2D eigenvalue weighted by Crippen LogP contribution is 2.41. The molecule has 0 bridgehead atoms. The first-order valence-corrected chi connectivity index (χ1v) is 24.1. The van der Waals surface area contributed by atoms with Gasteiger partial charge in [-0.05, 0) is 167 Å². The van der Waals surface area contributed by atoms with Crippen LogP contribution in [0, 0.1) is 11.8 Å². The van der Waals surface area contributed by atoms with Crippen molar-refractivity contribution in [1.82, 2.24) is 0 Å². The van der Waals surface area contributed by atoms with E-state index in [4.69, 9.17) is 28.9 Å². The van der Waals surface area contributed by atoms with E-state index in [0.717, 1.165) is 104 Å². The summed E-state index contributed by atoms with van der Waals surface area (Å²) in [6, 6.07) is 48.1. The Hall–Kier alpha value is -6.54. The van der Waals surface area contributed by atoms with Gasteiger partial charge in [-0.2, -0.15) is 0 Å². The number of methoxy groups -OCH3 is 4. The van der Waals surface area contributed by atoms with Gasteiger partial charge >= 0.3 is 0 Å². The van der Waals surface area contributed by atoms with Crippen molar-refractivity contribution in [2.24, 2.45) is 21.8 Å². The van der Waals surface area contributed by atoms with Gasteiger partial charge in [0.2, 0.25) is 0 Å². The zero-order valence-corrected chi connectivity index (χ0v) is 38.9. The molecule has 10 rings (SSSR count). The Balaban J connectivity index is 1.13. The number of rotatable bonds is 13. The van der Waals surface area contributed by atoms with E-state index in [1.165, 1.54) is 64.2 Å². The molecule has 338 valence electrons. The summed E-state index contributed by atoms with van der Waals surface area (Å²) in [6.45, 7) is 1.64. The second kappa shape index (κ2) is 19.5. The molecule has 0 radical (unpaired) electrons. The van der Waals surface area contributed by atoms with Crippen LogP contribution in [-0.4, -0.2) is 65.3 Å². The molecule has 4 aliphatic rings. The van der Waals surface area contributed by atoms with Crippen molar-refractivity contribution >= 4 is 23.0 Å². The smallest absolute Gasteiger partial charge is 0.172 e. The van der Waals surface area contributed by atoms with E-state index in [2.05, 4.69) is 94.7 Å². The van der Waals surface area contributed by atoms with Crippen LogP contribution in [0.2, 0.25) is 0 Å². The molecular formula is C58H62N4O4. The van der Waals surface area contributed by atoms with Crippen LogP contribution < -0.4 is 28.7 Å². The summed E-state index contributed by atoms with van der Waals surface area (Å²) in [4.78, 5) is 16.8. The largest absolute Gasteiger partial charge is 0.497 e. The van der Waals surface area contributed by atoms with Crippen molar-refractivity contribution in [3.8, 4) is 67.5 Å². The highest BCUT2D eigenvalue weighted by atomic mass is 16.5. The van der Waals surface area contributed by atoms with Gasteiger partial charge in [0.25, 0.3) is 0 Å². The summed E-state index contributed by atoms with van der Waals surface area (Å²) in [5.41, 5.74) is 11.3. The minimum atomic E-state index is 0.174. The molecule has 0 spiro atoms. The minimum absolute atomic E-state index is 0.174. The van der Waals surface area contributed by atoms with Crippen LogP contribution in [0.5, 0.6) is 23.0 Å². The van der Waals surface area contributed by atoms with E-state index in [1.54, 1.807) is 28.4 Å². The summed E-state index contributed by atoms with van der Waals surface area (Å²) >= 11 is 0. The summed E-state index contributed by atoms with van der Waals surface area (Å²) < 4.78 is 22.3. The number of hydrogen-bond donors (Lipinski definition) is 0. The molecule has 6 aromatic rings. The normalized spacial score (nSPS) is 19.1. The first kappa shape index (κ1) is 43.4. The van der Waals surface area contributed by atoms with Gasteiger partial charge in [0, 0.05) is 24.5 Å². The van der Waals surface area contributed by atoms with Gasteiger partial charge in [-0.15, -0.1) is 0 Å². The standard InChI is InChI=1S/C58H62N4O4/c1-63-51-23-15-39(16-24-51)45-31-46(40-17-25-52(64-2)26-18-40)34-49(33-45)61-37-55(43-11-7-5-8-12-43)59-57(61)58-60-56(44-13-9-6-10-14-44)38-62(58)50-35-47(41-19-27-53(65-3)28-20-41)32-48(36-50)42-21-29-54(66-4)30-22-42/h15-36,43-44,55-56H,5-14,37-38H2,1-4H3/t55-,56-/m1/s1. The van der Waals surface area contributed by atoms with Gasteiger partial charge in [-0.1, -0.05) is 87.1 Å². The molecule has 2 atom stereocenters. The van der Waals surface area contributed by atoms with Crippen molar-refractivity contribution in [2.75, 3.05) is 51.3 Å². The monoisotopic (exact) mass is 878 g/mol. The number of anilines is 2. The summed E-state index contributed by atoms with van der Waals surface area (Å²) in [5, 5.41) is 0. The van der Waals surface area contributed by atoms with Gasteiger partial charge in [0.05, 0.1) is 40.5 Å². The Morgan fingerprint density at radius 2 is 0.621 bits per heavy atom. The Bertz CT molecular complexity index is 2350. The molecule has 8 nitrogen and oxygen atoms in total. The molecule has 2 aliphatic heterocycles. The molecule has 2 fully saturated rings. The van der Waals surface area contributed by atoms with E-state index in [-0.39, 0.29) is 12.1 Å². The molecule has 0 amide bonds. The SMILES string of the molecule is COc1ccc(-c2cc(-c3ccc(OC)cc3)cc(N3C[C@H](C4CCCCC4)N=C3C3=N[C@@H](C4CCCCC4)CN3c3cc(-c4ccc(OC)cc4)cc(-c4ccc(OC)cc4)c3)c2)cc1. The number of amidine groups is 2. The highest BCUT2D eigenvalue weighted by Gasteiger charge is 2.41. The molecule has 2 heterocycles. The number of ether oxygens (including phenoxy) is 4. The number of benzene rings is 6. The lowest BCUT2D eigenvalue weighted by molar-refractivity contribution is 0.315. The van der Waals surface area contributed by atoms with Crippen LogP contribution in [0.15, 0.2) is 143 Å². The Labute approximate surface area is 390 Å². The van der Waals surface area contributed by atoms with E-state index in [0.29, 0.717) is 11.8 Å². The third kappa shape index (κ3) is 9.15. The summed E-state index contributed by atoms with van der Waals surface area (Å²) in [7, 11) is 6.88. The fourth-order valence-electron chi connectivity index (χ4n) is 10.8. The molecule has 0 aromatic heterocycles. The van der Waals surface area contributed by atoms with Crippen LogP contribution >= 0.6 is 0 Å².